The zero-order valence-electron chi connectivity index (χ0n) is 14.3. The molecule has 5 rings (SSSR count). The molecule has 2 aromatic carbocycles. The van der Waals surface area contributed by atoms with Crippen molar-refractivity contribution < 1.29 is 4.79 Å². The van der Waals surface area contributed by atoms with Crippen molar-refractivity contribution in [1.82, 2.24) is 9.97 Å². The van der Waals surface area contributed by atoms with Gasteiger partial charge in [-0.15, -0.1) is 0 Å². The molecule has 0 fully saturated rings. The van der Waals surface area contributed by atoms with Crippen molar-refractivity contribution in [3.63, 3.8) is 0 Å². The van der Waals surface area contributed by atoms with Crippen molar-refractivity contribution in [3.8, 4) is 11.1 Å². The molecule has 0 aliphatic heterocycles. The lowest BCUT2D eigenvalue weighted by Gasteiger charge is -2.21. The molecular formula is C22H14Cl2N2O. The summed E-state index contributed by atoms with van der Waals surface area (Å²) < 4.78 is 0. The highest BCUT2D eigenvalue weighted by molar-refractivity contribution is 6.37. The van der Waals surface area contributed by atoms with E-state index in [1.807, 2.05) is 30.3 Å². The van der Waals surface area contributed by atoms with Crippen LogP contribution in [0.5, 0.6) is 0 Å². The normalized spacial score (nSPS) is 13.9. The van der Waals surface area contributed by atoms with Crippen LogP contribution in [-0.4, -0.2) is 15.8 Å². The molecule has 132 valence electrons. The van der Waals surface area contributed by atoms with Gasteiger partial charge in [0.25, 0.3) is 0 Å². The van der Waals surface area contributed by atoms with E-state index in [1.54, 1.807) is 18.3 Å². The van der Waals surface area contributed by atoms with Crippen LogP contribution in [0.15, 0.2) is 48.7 Å². The summed E-state index contributed by atoms with van der Waals surface area (Å²) in [5.74, 6) is 0.118. The number of aryl methyl sites for hydroxylation is 1. The summed E-state index contributed by atoms with van der Waals surface area (Å²) in [7, 11) is 0. The van der Waals surface area contributed by atoms with Crippen molar-refractivity contribution in [2.45, 2.75) is 19.3 Å². The third-order valence-electron chi connectivity index (χ3n) is 5.10. The number of fused-ring (bicyclic) bond motifs is 4. The van der Waals surface area contributed by atoms with Crippen LogP contribution in [0.1, 0.15) is 28.9 Å². The van der Waals surface area contributed by atoms with Crippen LogP contribution in [0.3, 0.4) is 0 Å². The number of pyridine rings is 2. The zero-order valence-corrected chi connectivity index (χ0v) is 15.8. The fourth-order valence-electron chi connectivity index (χ4n) is 3.95. The number of aromatic nitrogens is 2. The summed E-state index contributed by atoms with van der Waals surface area (Å²) in [6, 6.07) is 13.3. The van der Waals surface area contributed by atoms with Crippen LogP contribution in [0.2, 0.25) is 10.0 Å². The van der Waals surface area contributed by atoms with Gasteiger partial charge in [0.1, 0.15) is 0 Å². The maximum absolute atomic E-state index is 12.9. The van der Waals surface area contributed by atoms with Crippen LogP contribution in [0.4, 0.5) is 0 Å². The van der Waals surface area contributed by atoms with Crippen LogP contribution in [0, 0.1) is 0 Å². The van der Waals surface area contributed by atoms with E-state index < -0.39 is 0 Å². The molecule has 5 heteroatoms. The number of benzene rings is 2. The number of nitrogens with zero attached hydrogens (tertiary/aromatic N) is 2. The van der Waals surface area contributed by atoms with Crippen molar-refractivity contribution in [2.24, 2.45) is 0 Å². The standard InChI is InChI=1S/C22H14Cl2N2O/c23-12-6-7-13(15(24)11-12)21-20-14-3-2-10-25-16(14)8-9-18(20)26-17-4-1-5-19(27)22(17)21/h2-3,6-11H,1,4-5H2. The maximum atomic E-state index is 12.9. The number of hydrogen-bond donors (Lipinski definition) is 0. The molecule has 0 radical (unpaired) electrons. The topological polar surface area (TPSA) is 42.9 Å². The molecule has 1 aliphatic carbocycles. The predicted octanol–water partition coefficient (Wildman–Crippen LogP) is 6.28. The Kier molecular flexibility index (Phi) is 3.88. The SMILES string of the molecule is O=C1CCCc2nc3ccc4ncccc4c3c(-c3ccc(Cl)cc3Cl)c21. The van der Waals surface area contributed by atoms with E-state index in [0.29, 0.717) is 22.0 Å². The molecule has 2 aromatic heterocycles. The van der Waals surface area contributed by atoms with Crippen LogP contribution in [-0.2, 0) is 6.42 Å². The Morgan fingerprint density at radius 2 is 1.78 bits per heavy atom. The van der Waals surface area contributed by atoms with Gasteiger partial charge in [-0.3, -0.25) is 14.8 Å². The third-order valence-corrected chi connectivity index (χ3v) is 5.65. The van der Waals surface area contributed by atoms with E-state index in [2.05, 4.69) is 4.98 Å². The second-order valence-electron chi connectivity index (χ2n) is 6.74. The second kappa shape index (κ2) is 6.29. The molecule has 0 bridgehead atoms. The lowest BCUT2D eigenvalue weighted by Crippen LogP contribution is -2.15. The van der Waals surface area contributed by atoms with E-state index in [9.17, 15) is 4.79 Å². The van der Waals surface area contributed by atoms with Crippen molar-refractivity contribution in [3.05, 3.63) is 70.0 Å². The molecule has 3 nitrogen and oxygen atoms in total. The first kappa shape index (κ1) is 16.7. The molecule has 2 heterocycles. The number of Topliss-reactive ketones (excluding diaryl/α,β-unsaturated/α-hetero) is 1. The fourth-order valence-corrected chi connectivity index (χ4v) is 4.45. The molecule has 0 saturated heterocycles. The lowest BCUT2D eigenvalue weighted by atomic mass is 9.85. The summed E-state index contributed by atoms with van der Waals surface area (Å²) in [6.45, 7) is 0. The van der Waals surface area contributed by atoms with Gasteiger partial charge in [0, 0.05) is 50.1 Å². The Morgan fingerprint density at radius 1 is 0.926 bits per heavy atom. The number of hydrogen-bond acceptors (Lipinski definition) is 3. The van der Waals surface area contributed by atoms with Gasteiger partial charge in [-0.1, -0.05) is 35.3 Å². The average Bonchev–Trinajstić information content (AvgIpc) is 2.67. The lowest BCUT2D eigenvalue weighted by molar-refractivity contribution is 0.0972. The summed E-state index contributed by atoms with van der Waals surface area (Å²) in [5, 5.41) is 2.97. The molecule has 0 unspecified atom stereocenters. The third kappa shape index (κ3) is 2.61. The number of carbonyl (C=O) groups is 1. The van der Waals surface area contributed by atoms with Gasteiger partial charge in [-0.2, -0.15) is 0 Å². The monoisotopic (exact) mass is 392 g/mol. The minimum Gasteiger partial charge on any atom is -0.294 e. The highest BCUT2D eigenvalue weighted by Crippen LogP contribution is 2.42. The largest absolute Gasteiger partial charge is 0.294 e. The number of carbonyl (C=O) groups excluding carboxylic acids is 1. The maximum Gasteiger partial charge on any atom is 0.165 e. The first-order chi connectivity index (χ1) is 13.1. The van der Waals surface area contributed by atoms with E-state index in [1.165, 1.54) is 0 Å². The molecule has 4 aromatic rings. The predicted molar refractivity (Wildman–Crippen MR) is 110 cm³/mol. The quantitative estimate of drug-likeness (QED) is 0.358. The first-order valence-electron chi connectivity index (χ1n) is 8.82. The second-order valence-corrected chi connectivity index (χ2v) is 7.58. The number of halogens is 2. The van der Waals surface area contributed by atoms with Gasteiger partial charge < -0.3 is 0 Å². The molecule has 0 amide bonds. The molecular weight excluding hydrogens is 379 g/mol. The average molecular weight is 393 g/mol. The van der Waals surface area contributed by atoms with Gasteiger partial charge in [0.15, 0.2) is 5.78 Å². The molecule has 1 aliphatic rings. The van der Waals surface area contributed by atoms with Crippen molar-refractivity contribution in [2.75, 3.05) is 0 Å². The van der Waals surface area contributed by atoms with E-state index in [0.717, 1.165) is 51.5 Å². The molecule has 0 N–H and O–H groups in total. The van der Waals surface area contributed by atoms with Gasteiger partial charge in [0.2, 0.25) is 0 Å². The van der Waals surface area contributed by atoms with E-state index >= 15 is 0 Å². The highest BCUT2D eigenvalue weighted by Gasteiger charge is 2.27. The Morgan fingerprint density at radius 3 is 2.63 bits per heavy atom. The molecule has 0 saturated carbocycles. The molecule has 0 spiro atoms. The van der Waals surface area contributed by atoms with Crippen molar-refractivity contribution in [1.29, 1.82) is 0 Å². The highest BCUT2D eigenvalue weighted by atomic mass is 35.5. The van der Waals surface area contributed by atoms with Gasteiger partial charge in [-0.05, 0) is 43.2 Å². The summed E-state index contributed by atoms with van der Waals surface area (Å²) in [6.07, 6.45) is 3.91. The van der Waals surface area contributed by atoms with Gasteiger partial charge >= 0.3 is 0 Å². The first-order valence-corrected chi connectivity index (χ1v) is 9.58. The zero-order chi connectivity index (χ0) is 18.5. The van der Waals surface area contributed by atoms with Crippen LogP contribution in [0.25, 0.3) is 32.9 Å². The fraction of sp³-hybridized carbons (Fsp3) is 0.136. The number of rotatable bonds is 1. The Bertz CT molecular complexity index is 1250. The summed E-state index contributed by atoms with van der Waals surface area (Å²) in [5.41, 5.74) is 4.90. The van der Waals surface area contributed by atoms with Gasteiger partial charge in [0.05, 0.1) is 16.7 Å². The summed E-state index contributed by atoms with van der Waals surface area (Å²) in [4.78, 5) is 22.2. The van der Waals surface area contributed by atoms with Crippen LogP contribution >= 0.6 is 23.2 Å². The van der Waals surface area contributed by atoms with E-state index in [4.69, 9.17) is 28.2 Å². The minimum atomic E-state index is 0.118. The van der Waals surface area contributed by atoms with E-state index in [-0.39, 0.29) is 5.78 Å². The molecule has 27 heavy (non-hydrogen) atoms. The minimum absolute atomic E-state index is 0.118. The van der Waals surface area contributed by atoms with Crippen LogP contribution < -0.4 is 0 Å². The molecule has 0 atom stereocenters. The Hall–Kier alpha value is -2.49. The smallest absolute Gasteiger partial charge is 0.165 e. The Labute approximate surface area is 166 Å². The van der Waals surface area contributed by atoms with Crippen molar-refractivity contribution >= 4 is 50.8 Å². The Balaban J connectivity index is 2.03. The van der Waals surface area contributed by atoms with Gasteiger partial charge in [-0.25, -0.2) is 0 Å². The summed E-state index contributed by atoms with van der Waals surface area (Å²) >= 11 is 12.7. The number of ketones is 1.